The largest absolute Gasteiger partial charge is 0.370 e. The number of benzene rings is 1. The number of carbonyl (C=O) groups is 2. The van der Waals surface area contributed by atoms with Gasteiger partial charge in [-0.25, -0.2) is 0 Å². The van der Waals surface area contributed by atoms with Gasteiger partial charge >= 0.3 is 0 Å². The zero-order valence-electron chi connectivity index (χ0n) is 13.6. The van der Waals surface area contributed by atoms with Gasteiger partial charge in [-0.2, -0.15) is 0 Å². The van der Waals surface area contributed by atoms with Gasteiger partial charge < -0.3 is 15.5 Å². The molecule has 0 saturated carbocycles. The maximum absolute atomic E-state index is 12.5. The fourth-order valence-electron chi connectivity index (χ4n) is 2.78. The van der Waals surface area contributed by atoms with Gasteiger partial charge in [0, 0.05) is 37.6 Å². The van der Waals surface area contributed by atoms with E-state index in [0.29, 0.717) is 16.9 Å². The van der Waals surface area contributed by atoms with E-state index in [-0.39, 0.29) is 11.8 Å². The highest BCUT2D eigenvalue weighted by Crippen LogP contribution is 2.21. The smallest absolute Gasteiger partial charge is 0.257 e. The molecule has 124 valence electrons. The lowest BCUT2D eigenvalue weighted by atomic mass is 10.2. The second-order valence-corrected chi connectivity index (χ2v) is 5.84. The van der Waals surface area contributed by atoms with Crippen LogP contribution in [0.5, 0.6) is 0 Å². The third-order valence-corrected chi connectivity index (χ3v) is 3.90. The molecule has 1 aliphatic heterocycles. The van der Waals surface area contributed by atoms with Crippen molar-refractivity contribution < 1.29 is 9.59 Å². The summed E-state index contributed by atoms with van der Waals surface area (Å²) in [6.07, 6.45) is 5.70. The highest BCUT2D eigenvalue weighted by molar-refractivity contribution is 6.05. The van der Waals surface area contributed by atoms with E-state index in [1.54, 1.807) is 36.7 Å². The Labute approximate surface area is 140 Å². The number of carbonyl (C=O) groups excluding carboxylic acids is 2. The Hall–Kier alpha value is -2.89. The number of anilines is 3. The van der Waals surface area contributed by atoms with Gasteiger partial charge in [0.2, 0.25) is 5.91 Å². The molecule has 1 aromatic heterocycles. The van der Waals surface area contributed by atoms with Gasteiger partial charge in [-0.3, -0.25) is 14.6 Å². The van der Waals surface area contributed by atoms with Crippen LogP contribution >= 0.6 is 0 Å². The SMILES string of the molecule is CC(=O)Nc1cccc(NC(=O)c2cncc(N3CCCC3)c2)c1. The Balaban J connectivity index is 1.73. The fourth-order valence-corrected chi connectivity index (χ4v) is 2.78. The van der Waals surface area contributed by atoms with Crippen LogP contribution in [0.1, 0.15) is 30.1 Å². The number of amides is 2. The van der Waals surface area contributed by atoms with Crippen LogP contribution in [0.4, 0.5) is 17.1 Å². The van der Waals surface area contributed by atoms with Crippen molar-refractivity contribution in [3.8, 4) is 0 Å². The number of aromatic nitrogens is 1. The number of rotatable bonds is 4. The minimum Gasteiger partial charge on any atom is -0.370 e. The van der Waals surface area contributed by atoms with E-state index in [4.69, 9.17) is 0 Å². The summed E-state index contributed by atoms with van der Waals surface area (Å²) < 4.78 is 0. The molecule has 6 heteroatoms. The Morgan fingerprint density at radius 1 is 1.04 bits per heavy atom. The first kappa shape index (κ1) is 16.0. The van der Waals surface area contributed by atoms with Gasteiger partial charge in [-0.1, -0.05) is 6.07 Å². The van der Waals surface area contributed by atoms with Crippen LogP contribution in [0.3, 0.4) is 0 Å². The van der Waals surface area contributed by atoms with Crippen molar-refractivity contribution in [2.75, 3.05) is 28.6 Å². The number of hydrogen-bond donors (Lipinski definition) is 2. The highest BCUT2D eigenvalue weighted by atomic mass is 16.2. The molecular weight excluding hydrogens is 304 g/mol. The molecule has 3 rings (SSSR count). The lowest BCUT2D eigenvalue weighted by Gasteiger charge is -2.17. The highest BCUT2D eigenvalue weighted by Gasteiger charge is 2.15. The van der Waals surface area contributed by atoms with E-state index in [1.165, 1.54) is 19.8 Å². The molecule has 24 heavy (non-hydrogen) atoms. The molecule has 1 saturated heterocycles. The second kappa shape index (κ2) is 7.12. The third-order valence-electron chi connectivity index (χ3n) is 3.90. The molecule has 0 spiro atoms. The van der Waals surface area contributed by atoms with Gasteiger partial charge in [-0.15, -0.1) is 0 Å². The number of nitrogens with one attached hydrogen (secondary N) is 2. The van der Waals surface area contributed by atoms with Crippen molar-refractivity contribution in [2.45, 2.75) is 19.8 Å². The number of pyridine rings is 1. The second-order valence-electron chi connectivity index (χ2n) is 5.84. The Morgan fingerprint density at radius 3 is 2.46 bits per heavy atom. The average molecular weight is 324 g/mol. The third kappa shape index (κ3) is 3.90. The number of nitrogens with zero attached hydrogens (tertiary/aromatic N) is 2. The maximum Gasteiger partial charge on any atom is 0.257 e. The first-order chi connectivity index (χ1) is 11.6. The molecule has 0 unspecified atom stereocenters. The molecule has 2 heterocycles. The summed E-state index contributed by atoms with van der Waals surface area (Å²) in [5.41, 5.74) is 2.76. The lowest BCUT2D eigenvalue weighted by molar-refractivity contribution is -0.114. The van der Waals surface area contributed by atoms with Crippen molar-refractivity contribution in [3.05, 3.63) is 48.3 Å². The van der Waals surface area contributed by atoms with Gasteiger partial charge in [0.25, 0.3) is 5.91 Å². The predicted octanol–water partition coefficient (Wildman–Crippen LogP) is 2.89. The monoisotopic (exact) mass is 324 g/mol. The summed E-state index contributed by atoms with van der Waals surface area (Å²) in [6, 6.07) is 8.91. The Bertz CT molecular complexity index is 754. The Kier molecular flexibility index (Phi) is 4.74. The molecule has 0 radical (unpaired) electrons. The molecule has 6 nitrogen and oxygen atoms in total. The first-order valence-corrected chi connectivity index (χ1v) is 8.01. The minimum absolute atomic E-state index is 0.152. The van der Waals surface area contributed by atoms with E-state index in [2.05, 4.69) is 20.5 Å². The van der Waals surface area contributed by atoms with Crippen LogP contribution in [0.15, 0.2) is 42.7 Å². The van der Waals surface area contributed by atoms with Crippen LogP contribution < -0.4 is 15.5 Å². The Morgan fingerprint density at radius 2 is 1.75 bits per heavy atom. The minimum atomic E-state index is -0.219. The number of hydrogen-bond acceptors (Lipinski definition) is 4. The molecule has 1 aliphatic rings. The van der Waals surface area contributed by atoms with E-state index >= 15 is 0 Å². The summed E-state index contributed by atoms with van der Waals surface area (Å²) in [5.74, 6) is -0.371. The molecule has 1 fully saturated rings. The van der Waals surface area contributed by atoms with E-state index in [0.717, 1.165) is 18.8 Å². The van der Waals surface area contributed by atoms with Crippen molar-refractivity contribution in [1.29, 1.82) is 0 Å². The molecule has 0 aliphatic carbocycles. The standard InChI is InChI=1S/C18H20N4O2/c1-13(23)20-15-5-4-6-16(10-15)21-18(24)14-9-17(12-19-11-14)22-7-2-3-8-22/h4-6,9-12H,2-3,7-8H2,1H3,(H,20,23)(H,21,24). The molecular formula is C18H20N4O2. The fraction of sp³-hybridized carbons (Fsp3) is 0.278. The van der Waals surface area contributed by atoms with Gasteiger partial charge in [0.05, 0.1) is 17.4 Å². The average Bonchev–Trinajstić information content (AvgIpc) is 3.09. The lowest BCUT2D eigenvalue weighted by Crippen LogP contribution is -2.19. The van der Waals surface area contributed by atoms with Crippen molar-refractivity contribution in [1.82, 2.24) is 4.98 Å². The van der Waals surface area contributed by atoms with Crippen LogP contribution in [0, 0.1) is 0 Å². The normalized spacial score (nSPS) is 13.6. The molecule has 2 aromatic rings. The van der Waals surface area contributed by atoms with Crippen molar-refractivity contribution in [3.63, 3.8) is 0 Å². The molecule has 1 aromatic carbocycles. The molecule has 2 N–H and O–H groups in total. The van der Waals surface area contributed by atoms with Crippen molar-refractivity contribution >= 4 is 28.9 Å². The zero-order valence-corrected chi connectivity index (χ0v) is 13.6. The summed E-state index contributed by atoms with van der Waals surface area (Å²) in [5, 5.41) is 5.54. The van der Waals surface area contributed by atoms with E-state index in [9.17, 15) is 9.59 Å². The van der Waals surface area contributed by atoms with E-state index < -0.39 is 0 Å². The van der Waals surface area contributed by atoms with Crippen LogP contribution in [-0.4, -0.2) is 29.9 Å². The van der Waals surface area contributed by atoms with E-state index in [1.807, 2.05) is 6.07 Å². The quantitative estimate of drug-likeness (QED) is 0.907. The maximum atomic E-state index is 12.5. The summed E-state index contributed by atoms with van der Waals surface area (Å²) in [6.45, 7) is 3.46. The molecule has 2 amide bonds. The zero-order chi connectivity index (χ0) is 16.9. The van der Waals surface area contributed by atoms with Gasteiger partial charge in [0.15, 0.2) is 0 Å². The summed E-state index contributed by atoms with van der Waals surface area (Å²) in [7, 11) is 0. The van der Waals surface area contributed by atoms with Crippen LogP contribution in [0.25, 0.3) is 0 Å². The first-order valence-electron chi connectivity index (χ1n) is 8.01. The summed E-state index contributed by atoms with van der Waals surface area (Å²) >= 11 is 0. The predicted molar refractivity (Wildman–Crippen MR) is 94.4 cm³/mol. The van der Waals surface area contributed by atoms with Crippen LogP contribution in [0.2, 0.25) is 0 Å². The van der Waals surface area contributed by atoms with Gasteiger partial charge in [-0.05, 0) is 37.1 Å². The van der Waals surface area contributed by atoms with Crippen molar-refractivity contribution in [2.24, 2.45) is 0 Å². The topological polar surface area (TPSA) is 74.3 Å². The molecule has 0 bridgehead atoms. The summed E-state index contributed by atoms with van der Waals surface area (Å²) in [4.78, 5) is 30.0. The van der Waals surface area contributed by atoms with Crippen LogP contribution in [-0.2, 0) is 4.79 Å². The molecule has 0 atom stereocenters. The van der Waals surface area contributed by atoms with Gasteiger partial charge in [0.1, 0.15) is 0 Å².